The van der Waals surface area contributed by atoms with Crippen LogP contribution in [-0.4, -0.2) is 32.2 Å². The van der Waals surface area contributed by atoms with Gasteiger partial charge in [-0.1, -0.05) is 43.0 Å². The van der Waals surface area contributed by atoms with E-state index in [2.05, 4.69) is 17.4 Å². The summed E-state index contributed by atoms with van der Waals surface area (Å²) in [6.45, 7) is 1.01. The molecule has 5 heteroatoms. The molecule has 0 bridgehead atoms. The highest BCUT2D eigenvalue weighted by molar-refractivity contribution is 6.30. The third-order valence-electron chi connectivity index (χ3n) is 4.90. The fourth-order valence-electron chi connectivity index (χ4n) is 3.41. The van der Waals surface area contributed by atoms with E-state index >= 15 is 0 Å². The van der Waals surface area contributed by atoms with Crippen LogP contribution in [0.25, 0.3) is 0 Å². The van der Waals surface area contributed by atoms with E-state index in [9.17, 15) is 4.79 Å². The number of hydrogen-bond donors (Lipinski definition) is 2. The fraction of sp³-hybridized carbons (Fsp3) is 0.611. The topological polar surface area (TPSA) is 64.3 Å². The minimum absolute atomic E-state index is 0.00112. The monoisotopic (exact) mass is 338 g/mol. The molecule has 0 aromatic heterocycles. The number of rotatable bonds is 7. The summed E-state index contributed by atoms with van der Waals surface area (Å²) >= 11 is 6.02. The van der Waals surface area contributed by atoms with Crippen LogP contribution in [0.15, 0.2) is 24.3 Å². The van der Waals surface area contributed by atoms with Crippen molar-refractivity contribution in [1.82, 2.24) is 5.32 Å². The number of halogens is 1. The minimum atomic E-state index is -0.215. The summed E-state index contributed by atoms with van der Waals surface area (Å²) in [5.41, 5.74) is 6.87. The largest absolute Gasteiger partial charge is 0.380 e. The molecule has 0 heterocycles. The van der Waals surface area contributed by atoms with Crippen LogP contribution in [0.5, 0.6) is 0 Å². The molecular formula is C18H27ClN2O2. The third-order valence-corrected chi connectivity index (χ3v) is 5.15. The predicted molar refractivity (Wildman–Crippen MR) is 93.7 cm³/mol. The number of carbonyl (C=O) groups excluding carboxylic acids is 1. The highest BCUT2D eigenvalue weighted by atomic mass is 35.5. The van der Waals surface area contributed by atoms with Crippen molar-refractivity contribution in [3.63, 3.8) is 0 Å². The lowest BCUT2D eigenvalue weighted by molar-refractivity contribution is -0.123. The minimum Gasteiger partial charge on any atom is -0.380 e. The molecule has 0 saturated heterocycles. The van der Waals surface area contributed by atoms with E-state index in [1.165, 1.54) is 24.8 Å². The molecule has 1 unspecified atom stereocenters. The average molecular weight is 339 g/mol. The van der Waals surface area contributed by atoms with Gasteiger partial charge in [0.2, 0.25) is 5.91 Å². The van der Waals surface area contributed by atoms with Gasteiger partial charge in [-0.25, -0.2) is 0 Å². The Morgan fingerprint density at radius 3 is 2.52 bits per heavy atom. The van der Waals surface area contributed by atoms with Crippen molar-refractivity contribution in [2.45, 2.75) is 50.0 Å². The summed E-state index contributed by atoms with van der Waals surface area (Å²) in [5, 5.41) is 3.84. The van der Waals surface area contributed by atoms with Crippen LogP contribution in [0.1, 0.15) is 44.1 Å². The van der Waals surface area contributed by atoms with Crippen LogP contribution in [0.3, 0.4) is 0 Å². The first-order valence-electron chi connectivity index (χ1n) is 8.35. The molecular weight excluding hydrogens is 312 g/mol. The lowest BCUT2D eigenvalue weighted by Gasteiger charge is -2.38. The maximum absolute atomic E-state index is 12.2. The van der Waals surface area contributed by atoms with Crippen LogP contribution in [0.4, 0.5) is 0 Å². The van der Waals surface area contributed by atoms with Gasteiger partial charge in [0.05, 0.1) is 12.5 Å². The van der Waals surface area contributed by atoms with Gasteiger partial charge in [0.25, 0.3) is 0 Å². The first-order chi connectivity index (χ1) is 11.1. The number of benzene rings is 1. The molecule has 4 nitrogen and oxygen atoms in total. The second-order valence-corrected chi connectivity index (χ2v) is 6.86. The Bertz CT molecular complexity index is 494. The maximum Gasteiger partial charge on any atom is 0.222 e. The van der Waals surface area contributed by atoms with Gasteiger partial charge in [-0.3, -0.25) is 4.79 Å². The zero-order chi connectivity index (χ0) is 16.7. The van der Waals surface area contributed by atoms with E-state index in [0.29, 0.717) is 19.5 Å². The zero-order valence-electron chi connectivity index (χ0n) is 13.8. The van der Waals surface area contributed by atoms with Gasteiger partial charge in [0.1, 0.15) is 0 Å². The lowest BCUT2D eigenvalue weighted by atomic mass is 9.69. The first-order valence-corrected chi connectivity index (χ1v) is 8.73. The molecule has 3 N–H and O–H groups in total. The highest BCUT2D eigenvalue weighted by Crippen LogP contribution is 2.39. The Morgan fingerprint density at radius 1 is 1.30 bits per heavy atom. The molecule has 1 aliphatic carbocycles. The molecule has 1 aromatic rings. The summed E-state index contributed by atoms with van der Waals surface area (Å²) in [6, 6.07) is 8.06. The smallest absolute Gasteiger partial charge is 0.222 e. The van der Waals surface area contributed by atoms with Crippen molar-refractivity contribution < 1.29 is 9.53 Å². The quantitative estimate of drug-likeness (QED) is 0.803. The van der Waals surface area contributed by atoms with Crippen molar-refractivity contribution in [3.8, 4) is 0 Å². The zero-order valence-corrected chi connectivity index (χ0v) is 14.6. The summed E-state index contributed by atoms with van der Waals surface area (Å²) < 4.78 is 5.18. The van der Waals surface area contributed by atoms with E-state index in [0.717, 1.165) is 17.9 Å². The first kappa shape index (κ1) is 18.2. The molecule has 0 aliphatic heterocycles. The van der Waals surface area contributed by atoms with Gasteiger partial charge in [-0.05, 0) is 30.5 Å². The van der Waals surface area contributed by atoms with Gasteiger partial charge in [-0.15, -0.1) is 0 Å². The van der Waals surface area contributed by atoms with E-state index in [1.54, 1.807) is 7.11 Å². The molecule has 1 amide bonds. The fourth-order valence-corrected chi connectivity index (χ4v) is 3.54. The Hall–Kier alpha value is -1.10. The van der Waals surface area contributed by atoms with Crippen LogP contribution < -0.4 is 11.1 Å². The van der Waals surface area contributed by atoms with Crippen molar-refractivity contribution >= 4 is 17.5 Å². The van der Waals surface area contributed by atoms with Crippen molar-refractivity contribution in [3.05, 3.63) is 34.9 Å². The summed E-state index contributed by atoms with van der Waals surface area (Å²) in [7, 11) is 1.58. The number of ether oxygens (including phenoxy) is 1. The Balaban J connectivity index is 2.04. The standard InChI is InChI=1S/C18H27ClN2O2/c1-23-16(12-20)11-17(22)21-13-18(9-3-2-4-10-18)14-5-7-15(19)8-6-14/h5-8,16H,2-4,9-13,20H2,1H3,(H,21,22). The lowest BCUT2D eigenvalue weighted by Crippen LogP contribution is -2.43. The number of nitrogens with two attached hydrogens (primary N) is 1. The van der Waals surface area contributed by atoms with E-state index in [-0.39, 0.29) is 17.4 Å². The number of methoxy groups -OCH3 is 1. The molecule has 1 aromatic carbocycles. The van der Waals surface area contributed by atoms with Crippen LogP contribution in [0.2, 0.25) is 5.02 Å². The van der Waals surface area contributed by atoms with Crippen molar-refractivity contribution in [2.24, 2.45) is 5.73 Å². The van der Waals surface area contributed by atoms with Crippen molar-refractivity contribution in [1.29, 1.82) is 0 Å². The average Bonchev–Trinajstić information content (AvgIpc) is 2.59. The maximum atomic E-state index is 12.2. The van der Waals surface area contributed by atoms with Crippen LogP contribution in [0, 0.1) is 0 Å². The van der Waals surface area contributed by atoms with Crippen LogP contribution >= 0.6 is 11.6 Å². The molecule has 0 spiro atoms. The molecule has 1 aliphatic rings. The number of nitrogens with one attached hydrogen (secondary N) is 1. The van der Waals surface area contributed by atoms with Gasteiger partial charge in [0, 0.05) is 30.6 Å². The SMILES string of the molecule is COC(CN)CC(=O)NCC1(c2ccc(Cl)cc2)CCCCC1. The molecule has 1 fully saturated rings. The van der Waals surface area contributed by atoms with Gasteiger partial charge in [0.15, 0.2) is 0 Å². The number of hydrogen-bond acceptors (Lipinski definition) is 3. The Kier molecular flexibility index (Phi) is 6.88. The van der Waals surface area contributed by atoms with E-state index in [4.69, 9.17) is 22.1 Å². The second kappa shape index (κ2) is 8.67. The number of carbonyl (C=O) groups is 1. The number of amides is 1. The second-order valence-electron chi connectivity index (χ2n) is 6.42. The predicted octanol–water partition coefficient (Wildman–Crippen LogP) is 3.02. The van der Waals surface area contributed by atoms with E-state index < -0.39 is 0 Å². The third kappa shape index (κ3) is 4.93. The summed E-state index contributed by atoms with van der Waals surface area (Å²) in [6.07, 6.45) is 5.95. The molecule has 0 radical (unpaired) electrons. The molecule has 1 atom stereocenters. The Morgan fingerprint density at radius 2 is 1.96 bits per heavy atom. The highest BCUT2D eigenvalue weighted by Gasteiger charge is 2.34. The van der Waals surface area contributed by atoms with E-state index in [1.807, 2.05) is 12.1 Å². The summed E-state index contributed by atoms with van der Waals surface area (Å²) in [4.78, 5) is 12.2. The van der Waals surface area contributed by atoms with Gasteiger partial charge < -0.3 is 15.8 Å². The summed E-state index contributed by atoms with van der Waals surface area (Å²) in [5.74, 6) is 0.00112. The molecule has 23 heavy (non-hydrogen) atoms. The van der Waals surface area contributed by atoms with Gasteiger partial charge >= 0.3 is 0 Å². The molecule has 128 valence electrons. The normalized spacial score (nSPS) is 18.4. The van der Waals surface area contributed by atoms with Gasteiger partial charge in [-0.2, -0.15) is 0 Å². The molecule has 1 saturated carbocycles. The van der Waals surface area contributed by atoms with Crippen molar-refractivity contribution in [2.75, 3.05) is 20.2 Å². The van der Waals surface area contributed by atoms with Crippen LogP contribution in [-0.2, 0) is 14.9 Å². The Labute approximate surface area is 143 Å². The molecule has 2 rings (SSSR count).